The molecule has 6 heteroatoms. The van der Waals surface area contributed by atoms with E-state index in [0.29, 0.717) is 12.0 Å². The second kappa shape index (κ2) is 10.6. The first-order chi connectivity index (χ1) is 14.0. The highest BCUT2D eigenvalue weighted by molar-refractivity contribution is 5.94. The highest BCUT2D eigenvalue weighted by Gasteiger charge is 2.31. The van der Waals surface area contributed by atoms with E-state index in [4.69, 9.17) is 4.74 Å². The molecule has 164 valence electrons. The summed E-state index contributed by atoms with van der Waals surface area (Å²) >= 11 is 0. The van der Waals surface area contributed by atoms with Crippen molar-refractivity contribution >= 4 is 5.91 Å². The Balaban J connectivity index is 1.66. The highest BCUT2D eigenvalue weighted by atomic mass is 16.5. The Morgan fingerprint density at radius 2 is 1.97 bits per heavy atom. The summed E-state index contributed by atoms with van der Waals surface area (Å²) in [6.45, 7) is 14.3. The number of aromatic amines is 1. The third kappa shape index (κ3) is 5.83. The average molecular weight is 405 g/mol. The minimum Gasteiger partial charge on any atom is -0.383 e. The Bertz CT molecular complexity index is 651. The lowest BCUT2D eigenvalue weighted by molar-refractivity contribution is 0.0611. The van der Waals surface area contributed by atoms with Crippen molar-refractivity contribution in [2.75, 3.05) is 59.5 Å². The van der Waals surface area contributed by atoms with E-state index in [9.17, 15) is 4.79 Å². The predicted octanol–water partition coefficient (Wildman–Crippen LogP) is 2.92. The van der Waals surface area contributed by atoms with Gasteiger partial charge in [0.1, 0.15) is 5.69 Å². The van der Waals surface area contributed by atoms with E-state index in [-0.39, 0.29) is 5.91 Å². The summed E-state index contributed by atoms with van der Waals surface area (Å²) in [5, 5.41) is 0. The fourth-order valence-corrected chi connectivity index (χ4v) is 5.05. The number of aryl methyl sites for hydroxylation is 2. The molecule has 0 aromatic carbocycles. The van der Waals surface area contributed by atoms with Crippen molar-refractivity contribution in [2.24, 2.45) is 5.92 Å². The summed E-state index contributed by atoms with van der Waals surface area (Å²) in [5.41, 5.74) is 2.90. The summed E-state index contributed by atoms with van der Waals surface area (Å²) in [6, 6.07) is 2.58. The largest absolute Gasteiger partial charge is 0.383 e. The number of amides is 1. The number of carbonyl (C=O) groups is 1. The summed E-state index contributed by atoms with van der Waals surface area (Å²) in [5.74, 6) is 0.769. The molecule has 0 radical (unpaired) electrons. The average Bonchev–Trinajstić information content (AvgIpc) is 3.31. The third-order valence-corrected chi connectivity index (χ3v) is 6.78. The number of ether oxygens (including phenoxy) is 1. The Kier molecular flexibility index (Phi) is 8.16. The van der Waals surface area contributed by atoms with Crippen molar-refractivity contribution in [2.45, 2.75) is 52.5 Å². The van der Waals surface area contributed by atoms with Crippen LogP contribution in [0, 0.1) is 19.8 Å². The highest BCUT2D eigenvalue weighted by Crippen LogP contribution is 2.23. The molecule has 3 heterocycles. The quantitative estimate of drug-likeness (QED) is 0.688. The predicted molar refractivity (Wildman–Crippen MR) is 117 cm³/mol. The second-order valence-corrected chi connectivity index (χ2v) is 8.92. The third-order valence-electron chi connectivity index (χ3n) is 6.78. The van der Waals surface area contributed by atoms with Crippen LogP contribution in [0.1, 0.15) is 54.4 Å². The summed E-state index contributed by atoms with van der Waals surface area (Å²) < 4.78 is 5.22. The van der Waals surface area contributed by atoms with Gasteiger partial charge >= 0.3 is 0 Å². The number of piperidine rings is 1. The molecule has 2 aliphatic heterocycles. The Labute approximate surface area is 176 Å². The maximum atomic E-state index is 13.5. The van der Waals surface area contributed by atoms with Crippen molar-refractivity contribution in [1.82, 2.24) is 19.7 Å². The van der Waals surface area contributed by atoms with E-state index in [1.54, 1.807) is 7.11 Å². The van der Waals surface area contributed by atoms with Crippen molar-refractivity contribution in [3.63, 3.8) is 0 Å². The van der Waals surface area contributed by atoms with Gasteiger partial charge in [0.15, 0.2) is 0 Å². The molecular weight excluding hydrogens is 364 g/mol. The zero-order chi connectivity index (χ0) is 20.8. The van der Waals surface area contributed by atoms with Crippen LogP contribution < -0.4 is 0 Å². The number of rotatable bonds is 9. The standard InChI is InChI=1S/C23H40N4O2/c1-5-26-10-6-7-21(26)17-27(23(28)22-18(2)15-19(3)24-22)16-20-8-11-25(12-9-20)13-14-29-4/h15,20-21,24H,5-14,16-17H2,1-4H3/t21-/m1/s1. The zero-order valence-electron chi connectivity index (χ0n) is 18.9. The van der Waals surface area contributed by atoms with Gasteiger partial charge in [-0.15, -0.1) is 0 Å². The first kappa shape index (κ1) is 22.3. The molecule has 2 saturated heterocycles. The van der Waals surface area contributed by atoms with Crippen LogP contribution in [-0.4, -0.2) is 91.2 Å². The zero-order valence-corrected chi connectivity index (χ0v) is 18.9. The lowest BCUT2D eigenvalue weighted by Crippen LogP contribution is -2.47. The number of aromatic nitrogens is 1. The van der Waals surface area contributed by atoms with Crippen LogP contribution in [0.3, 0.4) is 0 Å². The maximum Gasteiger partial charge on any atom is 0.270 e. The number of methoxy groups -OCH3 is 1. The normalized spacial score (nSPS) is 21.7. The van der Waals surface area contributed by atoms with Gasteiger partial charge in [0, 0.05) is 38.5 Å². The molecule has 6 nitrogen and oxygen atoms in total. The molecule has 0 unspecified atom stereocenters. The number of nitrogens with zero attached hydrogens (tertiary/aromatic N) is 3. The van der Waals surface area contributed by atoms with Crippen molar-refractivity contribution in [3.05, 3.63) is 23.0 Å². The van der Waals surface area contributed by atoms with Gasteiger partial charge in [-0.05, 0) is 83.3 Å². The van der Waals surface area contributed by atoms with Crippen molar-refractivity contribution < 1.29 is 9.53 Å². The molecule has 1 amide bonds. The molecule has 3 rings (SSSR count). The number of hydrogen-bond donors (Lipinski definition) is 1. The van der Waals surface area contributed by atoms with Crippen LogP contribution in [0.15, 0.2) is 6.07 Å². The van der Waals surface area contributed by atoms with E-state index in [1.807, 2.05) is 13.8 Å². The minimum atomic E-state index is 0.181. The molecule has 0 aliphatic carbocycles. The van der Waals surface area contributed by atoms with Crippen molar-refractivity contribution in [1.29, 1.82) is 0 Å². The summed E-state index contributed by atoms with van der Waals surface area (Å²) in [6.07, 6.45) is 4.78. The van der Waals surface area contributed by atoms with Crippen LogP contribution >= 0.6 is 0 Å². The fourth-order valence-electron chi connectivity index (χ4n) is 5.05. The van der Waals surface area contributed by atoms with Gasteiger partial charge in [-0.3, -0.25) is 9.69 Å². The lowest BCUT2D eigenvalue weighted by atomic mass is 9.95. The van der Waals surface area contributed by atoms with E-state index >= 15 is 0 Å². The minimum absolute atomic E-state index is 0.181. The Hall–Kier alpha value is -1.37. The van der Waals surface area contributed by atoms with Crippen LogP contribution in [-0.2, 0) is 4.74 Å². The Morgan fingerprint density at radius 1 is 1.21 bits per heavy atom. The molecule has 1 aromatic heterocycles. The molecule has 2 aliphatic rings. The maximum absolute atomic E-state index is 13.5. The lowest BCUT2D eigenvalue weighted by Gasteiger charge is -2.36. The summed E-state index contributed by atoms with van der Waals surface area (Å²) in [4.78, 5) is 24.0. The molecule has 0 bridgehead atoms. The van der Waals surface area contributed by atoms with Gasteiger partial charge in [0.2, 0.25) is 0 Å². The SMILES string of the molecule is CCN1CCC[C@@H]1CN(CC1CCN(CCOC)CC1)C(=O)c1[nH]c(C)cc1C. The number of likely N-dealkylation sites (tertiary alicyclic amines) is 2. The Morgan fingerprint density at radius 3 is 2.59 bits per heavy atom. The van der Waals surface area contributed by atoms with E-state index < -0.39 is 0 Å². The fraction of sp³-hybridized carbons (Fsp3) is 0.783. The van der Waals surface area contributed by atoms with E-state index in [2.05, 4.69) is 32.7 Å². The number of likely N-dealkylation sites (N-methyl/N-ethyl adjacent to an activating group) is 1. The number of hydrogen-bond acceptors (Lipinski definition) is 4. The van der Waals surface area contributed by atoms with Crippen LogP contribution in [0.25, 0.3) is 0 Å². The molecule has 0 spiro atoms. The van der Waals surface area contributed by atoms with Crippen molar-refractivity contribution in [3.8, 4) is 0 Å². The first-order valence-corrected chi connectivity index (χ1v) is 11.4. The van der Waals surface area contributed by atoms with Gasteiger partial charge in [0.05, 0.1) is 6.61 Å². The van der Waals surface area contributed by atoms with Crippen LogP contribution in [0.2, 0.25) is 0 Å². The van der Waals surface area contributed by atoms with E-state index in [1.165, 1.54) is 32.2 Å². The molecule has 1 aromatic rings. The molecule has 0 saturated carbocycles. The first-order valence-electron chi connectivity index (χ1n) is 11.4. The molecular formula is C23H40N4O2. The second-order valence-electron chi connectivity index (χ2n) is 8.92. The number of H-pyrrole nitrogens is 1. The molecule has 1 atom stereocenters. The van der Waals surface area contributed by atoms with E-state index in [0.717, 1.165) is 62.8 Å². The summed E-state index contributed by atoms with van der Waals surface area (Å²) in [7, 11) is 1.77. The van der Waals surface area contributed by atoms with Gasteiger partial charge in [0.25, 0.3) is 5.91 Å². The van der Waals surface area contributed by atoms with Crippen LogP contribution in [0.5, 0.6) is 0 Å². The van der Waals surface area contributed by atoms with Crippen LogP contribution in [0.4, 0.5) is 0 Å². The van der Waals surface area contributed by atoms with Gasteiger partial charge in [-0.25, -0.2) is 0 Å². The number of carbonyl (C=O) groups excluding carboxylic acids is 1. The molecule has 1 N–H and O–H groups in total. The molecule has 29 heavy (non-hydrogen) atoms. The van der Waals surface area contributed by atoms with Gasteiger partial charge < -0.3 is 19.5 Å². The topological polar surface area (TPSA) is 51.8 Å². The van der Waals surface area contributed by atoms with Gasteiger partial charge in [-0.1, -0.05) is 6.92 Å². The smallest absolute Gasteiger partial charge is 0.270 e. The number of nitrogens with one attached hydrogen (secondary N) is 1. The monoisotopic (exact) mass is 404 g/mol. The molecule has 2 fully saturated rings. The van der Waals surface area contributed by atoms with Gasteiger partial charge in [-0.2, -0.15) is 0 Å².